The highest BCUT2D eigenvalue weighted by molar-refractivity contribution is 7.17. The summed E-state index contributed by atoms with van der Waals surface area (Å²) in [6.07, 6.45) is 4.92. The van der Waals surface area contributed by atoms with Crippen molar-refractivity contribution in [1.29, 1.82) is 0 Å². The first-order chi connectivity index (χ1) is 13.9. The quantitative estimate of drug-likeness (QED) is 0.378. The van der Waals surface area contributed by atoms with Crippen LogP contribution in [-0.4, -0.2) is 34.3 Å². The number of amides is 1. The van der Waals surface area contributed by atoms with Crippen LogP contribution in [0.3, 0.4) is 0 Å². The number of hydrogen-bond donors (Lipinski definition) is 0. The molecule has 0 bridgehead atoms. The molecular formula is C20H21FN2O5S. The molecule has 1 fully saturated rings. The second-order valence-electron chi connectivity index (χ2n) is 6.91. The Hall–Kier alpha value is -2.81. The summed E-state index contributed by atoms with van der Waals surface area (Å²) in [6, 6.07) is 8.55. The largest absolute Gasteiger partial charge is 0.451 e. The SMILES string of the molecule is O=C(OCC(=O)N(Cc1ccc(F)cc1)C1CCCCC1)c1ccc([N+](=O)[O-])s1. The maximum atomic E-state index is 13.2. The molecule has 9 heteroatoms. The zero-order chi connectivity index (χ0) is 20.8. The van der Waals surface area contributed by atoms with Crippen molar-refractivity contribution < 1.29 is 23.6 Å². The number of ether oxygens (including phenoxy) is 1. The van der Waals surface area contributed by atoms with Crippen molar-refractivity contribution in [1.82, 2.24) is 4.90 Å². The molecular weight excluding hydrogens is 399 g/mol. The zero-order valence-corrected chi connectivity index (χ0v) is 16.5. The number of nitro groups is 1. The minimum Gasteiger partial charge on any atom is -0.451 e. The number of hydrogen-bond acceptors (Lipinski definition) is 6. The van der Waals surface area contributed by atoms with Gasteiger partial charge in [0.1, 0.15) is 10.7 Å². The van der Waals surface area contributed by atoms with Gasteiger partial charge < -0.3 is 9.64 Å². The lowest BCUT2D eigenvalue weighted by Gasteiger charge is -2.34. The molecule has 0 aliphatic heterocycles. The van der Waals surface area contributed by atoms with Gasteiger partial charge >= 0.3 is 11.0 Å². The highest BCUT2D eigenvalue weighted by atomic mass is 32.1. The Morgan fingerprint density at radius 2 is 1.83 bits per heavy atom. The Balaban J connectivity index is 1.65. The Morgan fingerprint density at radius 1 is 1.14 bits per heavy atom. The lowest BCUT2D eigenvalue weighted by atomic mass is 9.93. The summed E-state index contributed by atoms with van der Waals surface area (Å²) in [7, 11) is 0. The molecule has 1 amide bonds. The Labute approximate surface area is 171 Å². The lowest BCUT2D eigenvalue weighted by Crippen LogP contribution is -2.43. The first-order valence-electron chi connectivity index (χ1n) is 9.39. The lowest BCUT2D eigenvalue weighted by molar-refractivity contribution is -0.380. The average Bonchev–Trinajstić information content (AvgIpc) is 3.23. The van der Waals surface area contributed by atoms with Gasteiger partial charge in [0.15, 0.2) is 6.61 Å². The van der Waals surface area contributed by atoms with Gasteiger partial charge in [0.25, 0.3) is 5.91 Å². The van der Waals surface area contributed by atoms with Crippen LogP contribution in [0.1, 0.15) is 47.3 Å². The molecule has 1 saturated carbocycles. The molecule has 1 heterocycles. The van der Waals surface area contributed by atoms with Gasteiger partial charge in [-0.2, -0.15) is 0 Å². The second kappa shape index (κ2) is 9.60. The number of halogens is 1. The fourth-order valence-corrected chi connectivity index (χ4v) is 4.13. The van der Waals surface area contributed by atoms with E-state index in [0.29, 0.717) is 17.9 Å². The molecule has 0 atom stereocenters. The van der Waals surface area contributed by atoms with Crippen LogP contribution in [0.2, 0.25) is 0 Å². The monoisotopic (exact) mass is 420 g/mol. The van der Waals surface area contributed by atoms with E-state index in [1.165, 1.54) is 24.3 Å². The van der Waals surface area contributed by atoms with E-state index in [-0.39, 0.29) is 27.6 Å². The number of nitrogens with zero attached hydrogens (tertiary/aromatic N) is 2. The third-order valence-corrected chi connectivity index (χ3v) is 5.92. The van der Waals surface area contributed by atoms with E-state index in [9.17, 15) is 24.1 Å². The summed E-state index contributed by atoms with van der Waals surface area (Å²) in [5.74, 6) is -1.44. The van der Waals surface area contributed by atoms with Gasteiger partial charge in [0.05, 0.1) is 4.92 Å². The molecule has 1 aromatic carbocycles. The molecule has 2 aromatic rings. The van der Waals surface area contributed by atoms with Crippen molar-refractivity contribution >= 4 is 28.2 Å². The van der Waals surface area contributed by atoms with Crippen molar-refractivity contribution in [3.8, 4) is 0 Å². The molecule has 1 aliphatic rings. The summed E-state index contributed by atoms with van der Waals surface area (Å²) >= 11 is 0.707. The average molecular weight is 420 g/mol. The number of benzene rings is 1. The van der Waals surface area contributed by atoms with Crippen molar-refractivity contribution in [3.63, 3.8) is 0 Å². The van der Waals surface area contributed by atoms with E-state index in [4.69, 9.17) is 4.74 Å². The van der Waals surface area contributed by atoms with Crippen LogP contribution in [0.25, 0.3) is 0 Å². The third-order valence-electron chi connectivity index (χ3n) is 4.90. The highest BCUT2D eigenvalue weighted by Crippen LogP contribution is 2.26. The normalized spacial score (nSPS) is 14.4. The van der Waals surface area contributed by atoms with Crippen LogP contribution in [-0.2, 0) is 16.1 Å². The first kappa shape index (κ1) is 20.9. The Bertz CT molecular complexity index is 877. The smallest absolute Gasteiger partial charge is 0.349 e. The Kier molecular flexibility index (Phi) is 6.92. The van der Waals surface area contributed by atoms with Crippen LogP contribution in [0, 0.1) is 15.9 Å². The van der Waals surface area contributed by atoms with Crippen molar-refractivity contribution in [2.45, 2.75) is 44.7 Å². The molecule has 1 aromatic heterocycles. The van der Waals surface area contributed by atoms with Crippen LogP contribution < -0.4 is 0 Å². The zero-order valence-electron chi connectivity index (χ0n) is 15.7. The molecule has 3 rings (SSSR count). The number of rotatable bonds is 7. The molecule has 0 spiro atoms. The molecule has 0 radical (unpaired) electrons. The minimum absolute atomic E-state index is 0.0443. The summed E-state index contributed by atoms with van der Waals surface area (Å²) in [6.45, 7) is -0.131. The fraction of sp³-hybridized carbons (Fsp3) is 0.400. The maximum Gasteiger partial charge on any atom is 0.349 e. The fourth-order valence-electron chi connectivity index (χ4n) is 3.42. The van der Waals surface area contributed by atoms with E-state index in [1.807, 2.05) is 0 Å². The molecule has 0 N–H and O–H groups in total. The van der Waals surface area contributed by atoms with Crippen LogP contribution in [0.4, 0.5) is 9.39 Å². The molecule has 0 unspecified atom stereocenters. The molecule has 0 saturated heterocycles. The van der Waals surface area contributed by atoms with E-state index in [0.717, 1.165) is 37.7 Å². The molecule has 29 heavy (non-hydrogen) atoms. The van der Waals surface area contributed by atoms with Crippen LogP contribution in [0.5, 0.6) is 0 Å². The van der Waals surface area contributed by atoms with E-state index in [2.05, 4.69) is 0 Å². The second-order valence-corrected chi connectivity index (χ2v) is 7.97. The summed E-state index contributed by atoms with van der Waals surface area (Å²) in [5.41, 5.74) is 0.797. The van der Waals surface area contributed by atoms with Crippen molar-refractivity contribution in [2.24, 2.45) is 0 Å². The standard InChI is InChI=1S/C20H21FN2O5S/c21-15-8-6-14(7-9-15)12-22(16-4-2-1-3-5-16)18(24)13-28-20(25)17-10-11-19(29-17)23(26)27/h6-11,16H,1-5,12-13H2. The molecule has 7 nitrogen and oxygen atoms in total. The van der Waals surface area contributed by atoms with E-state index >= 15 is 0 Å². The van der Waals surface area contributed by atoms with Crippen LogP contribution in [0.15, 0.2) is 36.4 Å². The Morgan fingerprint density at radius 3 is 2.45 bits per heavy atom. The molecule has 154 valence electrons. The number of esters is 1. The minimum atomic E-state index is -0.762. The van der Waals surface area contributed by atoms with Gasteiger partial charge in [-0.1, -0.05) is 42.7 Å². The van der Waals surface area contributed by atoms with Crippen LogP contribution >= 0.6 is 11.3 Å². The number of carbonyl (C=O) groups is 2. The van der Waals surface area contributed by atoms with Crippen molar-refractivity contribution in [2.75, 3.05) is 6.61 Å². The molecule has 1 aliphatic carbocycles. The van der Waals surface area contributed by atoms with E-state index < -0.39 is 17.5 Å². The predicted octanol–water partition coefficient (Wildman–Crippen LogP) is 4.31. The van der Waals surface area contributed by atoms with Gasteiger partial charge in [-0.3, -0.25) is 14.9 Å². The van der Waals surface area contributed by atoms with Gasteiger partial charge in [-0.25, -0.2) is 9.18 Å². The summed E-state index contributed by atoms with van der Waals surface area (Å²) in [5, 5.41) is 10.6. The van der Waals surface area contributed by atoms with Crippen molar-refractivity contribution in [3.05, 3.63) is 62.8 Å². The van der Waals surface area contributed by atoms with Gasteiger partial charge in [-0.05, 0) is 36.6 Å². The topological polar surface area (TPSA) is 89.8 Å². The summed E-state index contributed by atoms with van der Waals surface area (Å²) < 4.78 is 18.3. The number of carbonyl (C=O) groups excluding carboxylic acids is 2. The highest BCUT2D eigenvalue weighted by Gasteiger charge is 2.27. The summed E-state index contributed by atoms with van der Waals surface area (Å²) in [4.78, 5) is 36.9. The van der Waals surface area contributed by atoms with Gasteiger partial charge in [0.2, 0.25) is 0 Å². The van der Waals surface area contributed by atoms with Gasteiger partial charge in [0, 0.05) is 18.7 Å². The third kappa shape index (κ3) is 5.60. The van der Waals surface area contributed by atoms with E-state index in [1.54, 1.807) is 17.0 Å². The number of thiophene rings is 1. The van der Waals surface area contributed by atoms with Gasteiger partial charge in [-0.15, -0.1) is 0 Å². The predicted molar refractivity (Wildman–Crippen MR) is 105 cm³/mol. The first-order valence-corrected chi connectivity index (χ1v) is 10.2. The maximum absolute atomic E-state index is 13.2.